The molecule has 2 saturated heterocycles. The predicted molar refractivity (Wildman–Crippen MR) is 126 cm³/mol. The zero-order valence-electron chi connectivity index (χ0n) is 20.9. The first-order valence-corrected chi connectivity index (χ1v) is 12.2. The van der Waals surface area contributed by atoms with Gasteiger partial charge in [-0.15, -0.1) is 0 Å². The van der Waals surface area contributed by atoms with Crippen LogP contribution in [0.5, 0.6) is 11.5 Å². The van der Waals surface area contributed by atoms with Crippen LogP contribution in [0.3, 0.4) is 0 Å². The molecule has 3 rings (SSSR count). The molecule has 1 aromatic rings. The van der Waals surface area contributed by atoms with Crippen LogP contribution in [0.25, 0.3) is 0 Å². The molecule has 0 radical (unpaired) electrons. The number of aliphatic hydroxyl groups is 2. The molecule has 2 aliphatic heterocycles. The number of aldehydes is 1. The Labute approximate surface area is 205 Å². The number of aromatic hydroxyl groups is 2. The van der Waals surface area contributed by atoms with Crippen molar-refractivity contribution in [3.63, 3.8) is 0 Å². The lowest BCUT2D eigenvalue weighted by Crippen LogP contribution is -2.55. The summed E-state index contributed by atoms with van der Waals surface area (Å²) in [4.78, 5) is 37.8. The number of carbonyl (C=O) groups is 3. The van der Waals surface area contributed by atoms with Gasteiger partial charge in [-0.3, -0.25) is 14.4 Å². The van der Waals surface area contributed by atoms with E-state index in [0.29, 0.717) is 19.3 Å². The molecule has 0 aromatic heterocycles. The summed E-state index contributed by atoms with van der Waals surface area (Å²) in [6.07, 6.45) is -1.92. The number of phenolic OH excluding ortho intramolecular Hbond substituents is 2. The molecule has 9 nitrogen and oxygen atoms in total. The first kappa shape index (κ1) is 27.3. The van der Waals surface area contributed by atoms with Crippen LogP contribution in [0.1, 0.15) is 92.5 Å². The van der Waals surface area contributed by atoms with Crippen molar-refractivity contribution in [1.82, 2.24) is 0 Å². The van der Waals surface area contributed by atoms with E-state index in [2.05, 4.69) is 0 Å². The van der Waals surface area contributed by atoms with Crippen LogP contribution in [-0.4, -0.2) is 68.5 Å². The van der Waals surface area contributed by atoms with Gasteiger partial charge in [0.15, 0.2) is 24.0 Å². The van der Waals surface area contributed by atoms with Crippen molar-refractivity contribution in [2.24, 2.45) is 11.8 Å². The minimum absolute atomic E-state index is 0.0400. The molecule has 0 amide bonds. The van der Waals surface area contributed by atoms with Crippen LogP contribution >= 0.6 is 0 Å². The molecule has 0 aliphatic carbocycles. The molecular formula is C26H36O9. The van der Waals surface area contributed by atoms with Gasteiger partial charge in [-0.2, -0.15) is 0 Å². The zero-order valence-corrected chi connectivity index (χ0v) is 20.9. The number of Topliss-reactive ketones (excluding diaryl/α,β-unsaturated/α-hetero) is 2. The molecule has 4 N–H and O–H groups in total. The summed E-state index contributed by atoms with van der Waals surface area (Å²) >= 11 is 0. The molecule has 0 bridgehead atoms. The summed E-state index contributed by atoms with van der Waals surface area (Å²) in [5.41, 5.74) is -1.79. The monoisotopic (exact) mass is 492 g/mol. The van der Waals surface area contributed by atoms with E-state index in [1.165, 1.54) is 13.0 Å². The Morgan fingerprint density at radius 1 is 1.20 bits per heavy atom. The van der Waals surface area contributed by atoms with E-state index in [9.17, 15) is 34.8 Å². The van der Waals surface area contributed by atoms with E-state index in [1.54, 1.807) is 13.8 Å². The highest BCUT2D eigenvalue weighted by atomic mass is 16.7. The predicted octanol–water partition coefficient (Wildman–Crippen LogP) is 2.85. The highest BCUT2D eigenvalue weighted by Gasteiger charge is 2.68. The number of epoxide rings is 1. The second-order valence-electron chi connectivity index (χ2n) is 9.98. The number of benzene rings is 1. The largest absolute Gasteiger partial charge is 0.507 e. The molecule has 9 heteroatoms. The van der Waals surface area contributed by atoms with E-state index in [0.717, 1.165) is 0 Å². The minimum atomic E-state index is -1.43. The normalized spacial score (nSPS) is 29.7. The summed E-state index contributed by atoms with van der Waals surface area (Å²) in [6, 6.07) is 1.27. The van der Waals surface area contributed by atoms with Crippen LogP contribution in [0, 0.1) is 11.8 Å². The lowest BCUT2D eigenvalue weighted by molar-refractivity contribution is -0.239. The molecule has 35 heavy (non-hydrogen) atoms. The Bertz CT molecular complexity index is 974. The van der Waals surface area contributed by atoms with Gasteiger partial charge in [0, 0.05) is 23.8 Å². The van der Waals surface area contributed by atoms with Gasteiger partial charge in [0.1, 0.15) is 17.3 Å². The Kier molecular flexibility index (Phi) is 8.06. The molecule has 1 aromatic carbocycles. The number of aliphatic hydroxyl groups excluding tert-OH is 2. The summed E-state index contributed by atoms with van der Waals surface area (Å²) in [6.45, 7) is 8.64. The van der Waals surface area contributed by atoms with E-state index in [-0.39, 0.29) is 41.6 Å². The van der Waals surface area contributed by atoms with Gasteiger partial charge >= 0.3 is 0 Å². The van der Waals surface area contributed by atoms with Gasteiger partial charge in [0.2, 0.25) is 0 Å². The number of rotatable bonds is 10. The van der Waals surface area contributed by atoms with Crippen molar-refractivity contribution < 1.29 is 44.3 Å². The fraction of sp³-hybridized carbons (Fsp3) is 0.654. The first-order chi connectivity index (χ1) is 16.5. The van der Waals surface area contributed by atoms with Gasteiger partial charge in [-0.05, 0) is 31.7 Å². The van der Waals surface area contributed by atoms with Crippen molar-refractivity contribution in [2.75, 3.05) is 0 Å². The molecule has 0 saturated carbocycles. The standard InChI is InChI=1S/C26H36O9/c1-6-8-14(18-10-19(29)26(25(33)34-18)20(7-2)35-26)22(30)16-9-15(21(12(3)4)13(5)28)23(31)17(11-27)24(16)32/h9,11-12,14,18-21,25,29,31-33H,6-8,10H2,1-5H3/t14-,18+,19+,20-,21-,25+,26-/m0/s1. The highest BCUT2D eigenvalue weighted by molar-refractivity contribution is 6.04. The van der Waals surface area contributed by atoms with Crippen LogP contribution in [0.15, 0.2) is 6.07 Å². The van der Waals surface area contributed by atoms with Crippen LogP contribution in [0.4, 0.5) is 0 Å². The number of carbonyl (C=O) groups excluding carboxylic acids is 3. The topological polar surface area (TPSA) is 154 Å². The van der Waals surface area contributed by atoms with Gasteiger partial charge in [-0.1, -0.05) is 34.1 Å². The average molecular weight is 493 g/mol. The third kappa shape index (κ3) is 4.62. The lowest BCUT2D eigenvalue weighted by Gasteiger charge is -2.39. The van der Waals surface area contributed by atoms with Gasteiger partial charge in [0.05, 0.1) is 29.4 Å². The Morgan fingerprint density at radius 2 is 1.86 bits per heavy atom. The van der Waals surface area contributed by atoms with Crippen molar-refractivity contribution in [1.29, 1.82) is 0 Å². The number of phenols is 2. The smallest absolute Gasteiger partial charge is 0.189 e. The third-order valence-electron chi connectivity index (χ3n) is 7.38. The summed E-state index contributed by atoms with van der Waals surface area (Å²) in [5.74, 6) is -3.94. The maximum absolute atomic E-state index is 13.7. The first-order valence-electron chi connectivity index (χ1n) is 12.2. The van der Waals surface area contributed by atoms with Crippen molar-refractivity contribution >= 4 is 17.9 Å². The maximum Gasteiger partial charge on any atom is 0.189 e. The zero-order chi connectivity index (χ0) is 26.2. The Hall–Kier alpha value is -2.33. The molecule has 2 aliphatic rings. The van der Waals surface area contributed by atoms with Crippen molar-refractivity contribution in [3.8, 4) is 11.5 Å². The molecular weight excluding hydrogens is 456 g/mol. The van der Waals surface area contributed by atoms with Crippen molar-refractivity contribution in [2.45, 2.75) is 96.4 Å². The van der Waals surface area contributed by atoms with E-state index in [4.69, 9.17) is 9.47 Å². The summed E-state index contributed by atoms with van der Waals surface area (Å²) in [5, 5.41) is 42.8. The van der Waals surface area contributed by atoms with Crippen LogP contribution in [-0.2, 0) is 14.3 Å². The van der Waals surface area contributed by atoms with E-state index >= 15 is 0 Å². The van der Waals surface area contributed by atoms with Gasteiger partial charge < -0.3 is 29.9 Å². The third-order valence-corrected chi connectivity index (χ3v) is 7.38. The van der Waals surface area contributed by atoms with Crippen molar-refractivity contribution in [3.05, 3.63) is 22.8 Å². The second-order valence-corrected chi connectivity index (χ2v) is 9.98. The molecule has 2 heterocycles. The number of hydrogen-bond donors (Lipinski definition) is 4. The number of ether oxygens (including phenoxy) is 2. The number of hydrogen-bond acceptors (Lipinski definition) is 9. The van der Waals surface area contributed by atoms with Gasteiger partial charge in [-0.25, -0.2) is 0 Å². The van der Waals surface area contributed by atoms with Crippen LogP contribution < -0.4 is 0 Å². The van der Waals surface area contributed by atoms with Crippen LogP contribution in [0.2, 0.25) is 0 Å². The Morgan fingerprint density at radius 3 is 2.31 bits per heavy atom. The second kappa shape index (κ2) is 10.3. The molecule has 194 valence electrons. The minimum Gasteiger partial charge on any atom is -0.507 e. The molecule has 0 unspecified atom stereocenters. The van der Waals surface area contributed by atoms with Gasteiger partial charge in [0.25, 0.3) is 0 Å². The van der Waals surface area contributed by atoms with E-state index in [1.807, 2.05) is 13.8 Å². The molecule has 2 fully saturated rings. The van der Waals surface area contributed by atoms with E-state index < -0.39 is 58.8 Å². The fourth-order valence-corrected chi connectivity index (χ4v) is 5.57. The Balaban J connectivity index is 2.03. The number of ketones is 2. The molecule has 7 atom stereocenters. The maximum atomic E-state index is 13.7. The SMILES string of the molecule is CCC[C@H](C(=O)c1cc([C@H](C(C)=O)C(C)C)c(O)c(C=O)c1O)[C@H]1C[C@@H](O)[C@@]2(O[C@H]2CC)[C@H](O)O1. The fourth-order valence-electron chi connectivity index (χ4n) is 5.57. The average Bonchev–Trinajstić information content (AvgIpc) is 3.53. The summed E-state index contributed by atoms with van der Waals surface area (Å²) < 4.78 is 11.3. The lowest BCUT2D eigenvalue weighted by atomic mass is 9.78. The summed E-state index contributed by atoms with van der Waals surface area (Å²) in [7, 11) is 0. The molecule has 1 spiro atoms. The highest BCUT2D eigenvalue weighted by Crippen LogP contribution is 2.50. The quantitative estimate of drug-likeness (QED) is 0.219.